The van der Waals surface area contributed by atoms with Crippen LogP contribution < -0.4 is 14.8 Å². The van der Waals surface area contributed by atoms with Crippen LogP contribution in [0.2, 0.25) is 10.0 Å². The first-order valence-corrected chi connectivity index (χ1v) is 11.6. The maximum Gasteiger partial charge on any atom is 0.226 e. The minimum absolute atomic E-state index is 0.0839. The molecule has 1 aliphatic carbocycles. The van der Waals surface area contributed by atoms with Gasteiger partial charge in [0.1, 0.15) is 17.5 Å². The van der Waals surface area contributed by atoms with Crippen LogP contribution in [0, 0.1) is 5.41 Å². The Morgan fingerprint density at radius 1 is 1.03 bits per heavy atom. The highest BCUT2D eigenvalue weighted by atomic mass is 35.5. The van der Waals surface area contributed by atoms with E-state index in [4.69, 9.17) is 42.8 Å². The number of Topliss-reactive ketones (excluding diaryl/α,β-unsaturated/α-hetero) is 1. The van der Waals surface area contributed by atoms with Gasteiger partial charge in [0.15, 0.2) is 11.6 Å². The first kappa shape index (κ1) is 22.7. The summed E-state index contributed by atoms with van der Waals surface area (Å²) in [5, 5.41) is 9.07. The topological polar surface area (TPSA) is 78.3 Å². The van der Waals surface area contributed by atoms with E-state index in [0.717, 1.165) is 23.2 Å². The number of hydrogen-bond acceptors (Lipinski definition) is 6. The minimum Gasteiger partial charge on any atom is -0.497 e. The van der Waals surface area contributed by atoms with Crippen molar-refractivity contribution in [3.05, 3.63) is 63.3 Å². The van der Waals surface area contributed by atoms with Crippen LogP contribution in [0.25, 0.3) is 11.4 Å². The van der Waals surface area contributed by atoms with Gasteiger partial charge in [0.2, 0.25) is 5.95 Å². The molecule has 0 amide bonds. The van der Waals surface area contributed by atoms with Crippen LogP contribution in [-0.4, -0.2) is 34.8 Å². The van der Waals surface area contributed by atoms with E-state index in [1.807, 2.05) is 18.2 Å². The third-order valence-corrected chi connectivity index (χ3v) is 6.94. The standard InChI is InChI=1S/C25H24Cl2N4O3/c1-25(2)11-19-21(20(32)12-25)22(13-5-6-17(26)18(27)9-13)31-24(28-19)29-23(30-31)14-7-15(33-3)10-16(8-14)34-4/h5-10,22H,11-12H2,1-4H3,(H,28,29,30). The second kappa shape index (κ2) is 8.32. The van der Waals surface area contributed by atoms with Gasteiger partial charge < -0.3 is 14.8 Å². The van der Waals surface area contributed by atoms with E-state index in [-0.39, 0.29) is 11.2 Å². The van der Waals surface area contributed by atoms with E-state index < -0.39 is 6.04 Å². The molecule has 1 atom stereocenters. The summed E-state index contributed by atoms with van der Waals surface area (Å²) in [6.45, 7) is 4.19. The molecule has 3 aromatic rings. The first-order chi connectivity index (χ1) is 16.2. The molecule has 9 heteroatoms. The summed E-state index contributed by atoms with van der Waals surface area (Å²) in [4.78, 5) is 18.2. The molecule has 2 aliphatic rings. The molecule has 1 N–H and O–H groups in total. The zero-order valence-corrected chi connectivity index (χ0v) is 20.8. The maximum absolute atomic E-state index is 13.4. The molecule has 2 aromatic carbocycles. The van der Waals surface area contributed by atoms with Crippen LogP contribution in [0.5, 0.6) is 11.5 Å². The molecule has 176 valence electrons. The van der Waals surface area contributed by atoms with Gasteiger partial charge in [-0.25, -0.2) is 4.68 Å². The van der Waals surface area contributed by atoms with E-state index >= 15 is 0 Å². The predicted molar refractivity (Wildman–Crippen MR) is 132 cm³/mol. The molecule has 0 bridgehead atoms. The highest BCUT2D eigenvalue weighted by Crippen LogP contribution is 2.46. The van der Waals surface area contributed by atoms with Crippen LogP contribution in [0.15, 0.2) is 47.7 Å². The van der Waals surface area contributed by atoms with Crippen molar-refractivity contribution >= 4 is 34.9 Å². The fourth-order valence-electron chi connectivity index (χ4n) is 4.66. The summed E-state index contributed by atoms with van der Waals surface area (Å²) >= 11 is 12.5. The molecule has 34 heavy (non-hydrogen) atoms. The Kier molecular flexibility index (Phi) is 5.57. The minimum atomic E-state index is -0.474. The Morgan fingerprint density at radius 3 is 2.38 bits per heavy atom. The zero-order valence-electron chi connectivity index (χ0n) is 19.3. The average molecular weight is 499 g/mol. The number of ether oxygens (including phenoxy) is 2. The van der Waals surface area contributed by atoms with Gasteiger partial charge in [-0.05, 0) is 41.7 Å². The Bertz CT molecular complexity index is 1320. The van der Waals surface area contributed by atoms with Gasteiger partial charge in [-0.1, -0.05) is 43.1 Å². The van der Waals surface area contributed by atoms with E-state index in [0.29, 0.717) is 45.3 Å². The second-order valence-corrected chi connectivity index (χ2v) is 10.2. The predicted octanol–water partition coefficient (Wildman–Crippen LogP) is 5.93. The average Bonchev–Trinajstić information content (AvgIpc) is 3.22. The number of methoxy groups -OCH3 is 2. The summed E-state index contributed by atoms with van der Waals surface area (Å²) in [5.74, 6) is 2.38. The monoisotopic (exact) mass is 498 g/mol. The van der Waals surface area contributed by atoms with Crippen LogP contribution >= 0.6 is 23.2 Å². The molecule has 0 saturated heterocycles. The number of halogens is 2. The number of benzene rings is 2. The smallest absolute Gasteiger partial charge is 0.226 e. The largest absolute Gasteiger partial charge is 0.497 e. The third kappa shape index (κ3) is 3.93. The van der Waals surface area contributed by atoms with Crippen molar-refractivity contribution in [2.75, 3.05) is 19.5 Å². The lowest BCUT2D eigenvalue weighted by atomic mass is 9.73. The number of hydrogen-bond donors (Lipinski definition) is 1. The lowest BCUT2D eigenvalue weighted by molar-refractivity contribution is -0.118. The van der Waals surface area contributed by atoms with E-state index in [2.05, 4.69) is 19.2 Å². The molecule has 2 heterocycles. The van der Waals surface area contributed by atoms with Crippen molar-refractivity contribution in [2.24, 2.45) is 5.41 Å². The van der Waals surface area contributed by atoms with E-state index in [9.17, 15) is 4.79 Å². The highest BCUT2D eigenvalue weighted by Gasteiger charge is 2.42. The quantitative estimate of drug-likeness (QED) is 0.480. The summed E-state index contributed by atoms with van der Waals surface area (Å²) in [7, 11) is 3.19. The number of nitrogens with one attached hydrogen (secondary N) is 1. The van der Waals surface area contributed by atoms with Crippen molar-refractivity contribution in [2.45, 2.75) is 32.7 Å². The van der Waals surface area contributed by atoms with Gasteiger partial charge >= 0.3 is 0 Å². The van der Waals surface area contributed by atoms with Gasteiger partial charge in [-0.2, -0.15) is 4.98 Å². The first-order valence-electron chi connectivity index (χ1n) is 10.9. The van der Waals surface area contributed by atoms with Gasteiger partial charge in [0.05, 0.1) is 24.3 Å². The second-order valence-electron chi connectivity index (χ2n) is 9.34. The Balaban J connectivity index is 1.68. The van der Waals surface area contributed by atoms with Crippen molar-refractivity contribution in [1.82, 2.24) is 14.8 Å². The summed E-state index contributed by atoms with van der Waals surface area (Å²) in [6.07, 6.45) is 1.18. The number of aromatic nitrogens is 3. The van der Waals surface area contributed by atoms with Crippen LogP contribution in [-0.2, 0) is 4.79 Å². The number of carbonyl (C=O) groups is 1. The van der Waals surface area contributed by atoms with Gasteiger partial charge in [-0.15, -0.1) is 5.10 Å². The summed E-state index contributed by atoms with van der Waals surface area (Å²) in [5.41, 5.74) is 2.95. The number of rotatable bonds is 4. The zero-order chi connectivity index (χ0) is 24.2. The molecule has 0 radical (unpaired) electrons. The number of nitrogens with zero attached hydrogens (tertiary/aromatic N) is 3. The van der Waals surface area contributed by atoms with Crippen LogP contribution in [0.3, 0.4) is 0 Å². The molecule has 0 fully saturated rings. The van der Waals surface area contributed by atoms with Crippen LogP contribution in [0.1, 0.15) is 38.3 Å². The van der Waals surface area contributed by atoms with E-state index in [1.54, 1.807) is 37.1 Å². The Hall–Kier alpha value is -3.03. The lowest BCUT2D eigenvalue weighted by Crippen LogP contribution is -2.36. The molecular formula is C25H24Cl2N4O3. The number of allylic oxidation sites excluding steroid dienone is 2. The van der Waals surface area contributed by atoms with Crippen LogP contribution in [0.4, 0.5) is 5.95 Å². The highest BCUT2D eigenvalue weighted by molar-refractivity contribution is 6.42. The number of fused-ring (bicyclic) bond motifs is 1. The van der Waals surface area contributed by atoms with Gasteiger partial charge in [0.25, 0.3) is 0 Å². The Morgan fingerprint density at radius 2 is 1.74 bits per heavy atom. The molecule has 7 nitrogen and oxygen atoms in total. The van der Waals surface area contributed by atoms with Crippen molar-refractivity contribution < 1.29 is 14.3 Å². The Labute approximate surface area is 207 Å². The molecule has 0 saturated carbocycles. The summed E-state index contributed by atoms with van der Waals surface area (Å²) < 4.78 is 12.6. The van der Waals surface area contributed by atoms with Gasteiger partial charge in [-0.3, -0.25) is 4.79 Å². The summed E-state index contributed by atoms with van der Waals surface area (Å²) in [6, 6.07) is 10.4. The normalized spacial score (nSPS) is 18.8. The lowest BCUT2D eigenvalue weighted by Gasteiger charge is -2.38. The van der Waals surface area contributed by atoms with Crippen molar-refractivity contribution in [1.29, 1.82) is 0 Å². The molecule has 1 unspecified atom stereocenters. The van der Waals surface area contributed by atoms with Crippen molar-refractivity contribution in [3.8, 4) is 22.9 Å². The molecule has 5 rings (SSSR count). The number of anilines is 1. The maximum atomic E-state index is 13.4. The molecule has 1 aromatic heterocycles. The molecule has 0 spiro atoms. The molecular weight excluding hydrogens is 475 g/mol. The fraction of sp³-hybridized carbons (Fsp3) is 0.320. The number of carbonyl (C=O) groups excluding carboxylic acids is 1. The van der Waals surface area contributed by atoms with Gasteiger partial charge in [0, 0.05) is 29.3 Å². The SMILES string of the molecule is COc1cc(OC)cc(-c2nc3n(n2)C(c2ccc(Cl)c(Cl)c2)C2=C(CC(C)(C)CC2=O)N3)c1. The fourth-order valence-corrected chi connectivity index (χ4v) is 4.96. The molecule has 1 aliphatic heterocycles. The van der Waals surface area contributed by atoms with Crippen molar-refractivity contribution in [3.63, 3.8) is 0 Å². The van der Waals surface area contributed by atoms with E-state index in [1.165, 1.54) is 0 Å². The number of ketones is 1. The third-order valence-electron chi connectivity index (χ3n) is 6.20.